The molecule has 1 saturated heterocycles. The highest BCUT2D eigenvalue weighted by Gasteiger charge is 2.44. The smallest absolute Gasteiger partial charge is 0.306 e. The number of aliphatic hydroxyl groups excluding tert-OH is 4. The number of rotatable bonds is 41. The Labute approximate surface area is 389 Å². The van der Waals surface area contributed by atoms with Gasteiger partial charge in [-0.15, -0.1) is 0 Å². The van der Waals surface area contributed by atoms with Crippen LogP contribution in [-0.4, -0.2) is 89.6 Å². The van der Waals surface area contributed by atoms with E-state index < -0.39 is 43.4 Å². The van der Waals surface area contributed by atoms with Crippen molar-refractivity contribution < 1.29 is 44.2 Å². The number of hydrogen-bond acceptors (Lipinski definition) is 9. The van der Waals surface area contributed by atoms with Crippen LogP contribution in [0.2, 0.25) is 0 Å². The Bertz CT molecular complexity index is 1340. The van der Waals surface area contributed by atoms with E-state index in [1.165, 1.54) is 57.8 Å². The summed E-state index contributed by atoms with van der Waals surface area (Å²) in [6.45, 7) is 4.24. The zero-order valence-electron chi connectivity index (χ0n) is 40.0. The van der Waals surface area contributed by atoms with Gasteiger partial charge in [0, 0.05) is 13.0 Å². The molecule has 0 aromatic rings. The first-order chi connectivity index (χ1) is 31.4. The SMILES string of the molecule is CC/C=C\C/C=C\C/C=C\C/C=C\C/C=C\CCCC(=O)OC(COCCCCCCCCCCCCC/C=C\C/C=C\C/C=C\C/C=C\CC)COC1OC(CO)C(O)C(O)C1O. The van der Waals surface area contributed by atoms with Gasteiger partial charge in [0.05, 0.1) is 19.8 Å². The van der Waals surface area contributed by atoms with Crippen molar-refractivity contribution in [2.75, 3.05) is 26.4 Å². The van der Waals surface area contributed by atoms with Crippen LogP contribution in [0.5, 0.6) is 0 Å². The van der Waals surface area contributed by atoms with Crippen LogP contribution in [0.25, 0.3) is 0 Å². The predicted octanol–water partition coefficient (Wildman–Crippen LogP) is 12.1. The Balaban J connectivity index is 2.25. The molecule has 1 fully saturated rings. The van der Waals surface area contributed by atoms with E-state index >= 15 is 0 Å². The van der Waals surface area contributed by atoms with Crippen molar-refractivity contribution >= 4 is 5.97 Å². The Hall–Kier alpha value is -3.15. The van der Waals surface area contributed by atoms with Gasteiger partial charge >= 0.3 is 5.97 Å². The fraction of sp³-hybridized carbons (Fsp3) is 0.655. The van der Waals surface area contributed by atoms with E-state index in [1.807, 2.05) is 0 Å². The van der Waals surface area contributed by atoms with E-state index in [2.05, 4.69) is 123 Å². The molecule has 0 aromatic carbocycles. The first kappa shape index (κ1) is 58.9. The molecule has 6 atom stereocenters. The normalized spacial score (nSPS) is 20.5. The molecule has 9 heteroatoms. The molecule has 0 radical (unpaired) electrons. The van der Waals surface area contributed by atoms with E-state index in [1.54, 1.807) is 0 Å². The van der Waals surface area contributed by atoms with Gasteiger partial charge in [0.25, 0.3) is 0 Å². The summed E-state index contributed by atoms with van der Waals surface area (Å²) in [5.41, 5.74) is 0. The Kier molecular flexibility index (Phi) is 41.4. The molecular formula is C55H90O9. The lowest BCUT2D eigenvalue weighted by atomic mass is 9.99. The number of ether oxygens (including phenoxy) is 4. The highest BCUT2D eigenvalue weighted by Crippen LogP contribution is 2.22. The molecular weight excluding hydrogens is 805 g/mol. The molecule has 4 N–H and O–H groups in total. The maximum atomic E-state index is 12.8. The molecule has 0 amide bonds. The maximum absolute atomic E-state index is 12.8. The lowest BCUT2D eigenvalue weighted by Gasteiger charge is -2.39. The van der Waals surface area contributed by atoms with Crippen LogP contribution in [0.1, 0.15) is 168 Å². The predicted molar refractivity (Wildman–Crippen MR) is 265 cm³/mol. The van der Waals surface area contributed by atoms with Crippen LogP contribution in [0, 0.1) is 0 Å². The molecule has 6 unspecified atom stereocenters. The molecule has 1 rings (SSSR count). The summed E-state index contributed by atoms with van der Waals surface area (Å²) in [4.78, 5) is 12.8. The molecule has 1 aliphatic rings. The molecule has 0 spiro atoms. The van der Waals surface area contributed by atoms with Crippen LogP contribution in [0.15, 0.2) is 109 Å². The van der Waals surface area contributed by atoms with Gasteiger partial charge in [-0.05, 0) is 89.9 Å². The topological polar surface area (TPSA) is 135 Å². The van der Waals surface area contributed by atoms with Crippen LogP contribution in [0.4, 0.5) is 0 Å². The molecule has 0 aromatic heterocycles. The number of carbonyl (C=O) groups is 1. The van der Waals surface area contributed by atoms with Crippen LogP contribution < -0.4 is 0 Å². The van der Waals surface area contributed by atoms with Crippen LogP contribution in [-0.2, 0) is 23.7 Å². The summed E-state index contributed by atoms with van der Waals surface area (Å²) in [5, 5.41) is 40.2. The van der Waals surface area contributed by atoms with Gasteiger partial charge in [0.15, 0.2) is 6.29 Å². The summed E-state index contributed by atoms with van der Waals surface area (Å²) in [7, 11) is 0. The minimum absolute atomic E-state index is 0.112. The number of carbonyl (C=O) groups excluding carboxylic acids is 1. The van der Waals surface area contributed by atoms with Gasteiger partial charge in [-0.1, -0.05) is 181 Å². The number of unbranched alkanes of at least 4 members (excludes halogenated alkanes) is 12. The highest BCUT2D eigenvalue weighted by atomic mass is 16.7. The second-order valence-electron chi connectivity index (χ2n) is 16.5. The molecule has 0 bridgehead atoms. The van der Waals surface area contributed by atoms with Crippen molar-refractivity contribution in [3.05, 3.63) is 109 Å². The van der Waals surface area contributed by atoms with Crippen LogP contribution in [0.3, 0.4) is 0 Å². The molecule has 1 aliphatic heterocycles. The number of hydrogen-bond donors (Lipinski definition) is 4. The Morgan fingerprint density at radius 1 is 0.500 bits per heavy atom. The van der Waals surface area contributed by atoms with E-state index in [9.17, 15) is 25.2 Å². The van der Waals surface area contributed by atoms with Gasteiger partial charge in [-0.2, -0.15) is 0 Å². The van der Waals surface area contributed by atoms with E-state index in [4.69, 9.17) is 18.9 Å². The minimum atomic E-state index is -1.55. The lowest BCUT2D eigenvalue weighted by Crippen LogP contribution is -2.59. The summed E-state index contributed by atoms with van der Waals surface area (Å²) in [6, 6.07) is 0. The van der Waals surface area contributed by atoms with E-state index in [-0.39, 0.29) is 25.6 Å². The molecule has 9 nitrogen and oxygen atoms in total. The number of esters is 1. The molecule has 0 aliphatic carbocycles. The summed E-state index contributed by atoms with van der Waals surface area (Å²) in [6.07, 6.45) is 57.0. The Morgan fingerprint density at radius 2 is 0.906 bits per heavy atom. The van der Waals surface area contributed by atoms with Crippen molar-refractivity contribution in [2.45, 2.75) is 205 Å². The first-order valence-electron chi connectivity index (χ1n) is 25.0. The highest BCUT2D eigenvalue weighted by molar-refractivity contribution is 5.69. The monoisotopic (exact) mass is 895 g/mol. The van der Waals surface area contributed by atoms with Gasteiger partial charge in [-0.3, -0.25) is 4.79 Å². The standard InChI is InChI=1S/C55H90O9/c1-3-5-7-9-11-13-15-17-19-21-22-23-24-25-26-27-29-31-33-35-37-39-41-43-45-61-47-49(48-62-55-54(60)53(59)52(58)50(46-56)64-55)63-51(57)44-42-40-38-36-34-32-30-28-20-18-16-14-12-10-8-6-4-2/h5-8,11-14,17-20,22-23,30,32,36,38,49-50,52-56,58-60H,3-4,9-10,15-16,21,24-29,31,33-35,37,39-48H2,1-2H3/b7-5-,8-6-,13-11-,14-12-,19-17-,20-18-,23-22-,32-30-,38-36-. The zero-order chi connectivity index (χ0) is 46.4. The van der Waals surface area contributed by atoms with Gasteiger partial charge in [-0.25, -0.2) is 0 Å². The van der Waals surface area contributed by atoms with Gasteiger partial charge in [0.1, 0.15) is 30.5 Å². The molecule has 1 heterocycles. The third-order valence-corrected chi connectivity index (χ3v) is 10.7. The quantitative estimate of drug-likeness (QED) is 0.0269. The molecule has 364 valence electrons. The minimum Gasteiger partial charge on any atom is -0.457 e. The van der Waals surface area contributed by atoms with E-state index in [0.29, 0.717) is 13.0 Å². The average molecular weight is 895 g/mol. The molecule has 64 heavy (non-hydrogen) atoms. The third-order valence-electron chi connectivity index (χ3n) is 10.7. The summed E-state index contributed by atoms with van der Waals surface area (Å²) < 4.78 is 22.8. The number of allylic oxidation sites excluding steroid dienone is 18. The van der Waals surface area contributed by atoms with Crippen molar-refractivity contribution in [1.29, 1.82) is 0 Å². The zero-order valence-corrected chi connectivity index (χ0v) is 40.0. The summed E-state index contributed by atoms with van der Waals surface area (Å²) >= 11 is 0. The first-order valence-corrected chi connectivity index (χ1v) is 25.0. The maximum Gasteiger partial charge on any atom is 0.306 e. The summed E-state index contributed by atoms with van der Waals surface area (Å²) in [5.74, 6) is -0.375. The second-order valence-corrected chi connectivity index (χ2v) is 16.5. The van der Waals surface area contributed by atoms with E-state index in [0.717, 1.165) is 83.5 Å². The fourth-order valence-electron chi connectivity index (χ4n) is 6.87. The van der Waals surface area contributed by atoms with Crippen molar-refractivity contribution in [3.8, 4) is 0 Å². The van der Waals surface area contributed by atoms with Crippen LogP contribution >= 0.6 is 0 Å². The molecule has 0 saturated carbocycles. The average Bonchev–Trinajstić information content (AvgIpc) is 3.30. The fourth-order valence-corrected chi connectivity index (χ4v) is 6.87. The van der Waals surface area contributed by atoms with Crippen molar-refractivity contribution in [3.63, 3.8) is 0 Å². The third kappa shape index (κ3) is 35.2. The second kappa shape index (κ2) is 45.0. The largest absolute Gasteiger partial charge is 0.457 e. The number of aliphatic hydroxyl groups is 4. The van der Waals surface area contributed by atoms with Crippen molar-refractivity contribution in [1.82, 2.24) is 0 Å². The van der Waals surface area contributed by atoms with Gasteiger partial charge < -0.3 is 39.4 Å². The van der Waals surface area contributed by atoms with Gasteiger partial charge in [0.2, 0.25) is 0 Å². The Morgan fingerprint density at radius 3 is 1.36 bits per heavy atom. The lowest BCUT2D eigenvalue weighted by molar-refractivity contribution is -0.305. The van der Waals surface area contributed by atoms with Crippen molar-refractivity contribution in [2.24, 2.45) is 0 Å².